The van der Waals surface area contributed by atoms with Gasteiger partial charge in [-0.1, -0.05) is 13.8 Å². The second-order valence-corrected chi connectivity index (χ2v) is 8.36. The van der Waals surface area contributed by atoms with Crippen molar-refractivity contribution in [3.63, 3.8) is 0 Å². The van der Waals surface area contributed by atoms with Crippen molar-refractivity contribution >= 4 is 11.7 Å². The molecule has 0 N–H and O–H groups in total. The van der Waals surface area contributed by atoms with E-state index in [1.807, 2.05) is 30.7 Å². The van der Waals surface area contributed by atoms with Crippen molar-refractivity contribution in [3.8, 4) is 5.82 Å². The van der Waals surface area contributed by atoms with Gasteiger partial charge in [-0.25, -0.2) is 14.6 Å². The molecule has 1 amide bonds. The number of carbonyl (C=O) groups excluding carboxylic acids is 1. The van der Waals surface area contributed by atoms with Crippen molar-refractivity contribution in [1.82, 2.24) is 24.6 Å². The van der Waals surface area contributed by atoms with E-state index in [0.717, 1.165) is 49.2 Å². The summed E-state index contributed by atoms with van der Waals surface area (Å²) in [5.41, 5.74) is 2.01. The third-order valence-corrected chi connectivity index (χ3v) is 5.60. The van der Waals surface area contributed by atoms with Crippen LogP contribution in [0.15, 0.2) is 18.5 Å². The molecule has 2 aliphatic heterocycles. The van der Waals surface area contributed by atoms with Gasteiger partial charge in [-0.3, -0.25) is 4.79 Å². The number of hydrogen-bond acceptors (Lipinski definition) is 5. The van der Waals surface area contributed by atoms with Crippen LogP contribution in [0.5, 0.6) is 0 Å². The molecule has 0 aliphatic carbocycles. The third kappa shape index (κ3) is 3.55. The topological polar surface area (TPSA) is 67.2 Å². The minimum Gasteiger partial charge on any atom is -0.355 e. The Morgan fingerprint density at radius 3 is 2.30 bits per heavy atom. The fraction of sp³-hybridized carbons (Fsp3) is 0.600. The van der Waals surface area contributed by atoms with Crippen LogP contribution in [0.4, 0.5) is 5.82 Å². The zero-order chi connectivity index (χ0) is 19.1. The van der Waals surface area contributed by atoms with Crippen LogP contribution in [-0.4, -0.2) is 56.7 Å². The van der Waals surface area contributed by atoms with Gasteiger partial charge in [-0.2, -0.15) is 5.10 Å². The summed E-state index contributed by atoms with van der Waals surface area (Å²) in [6.07, 6.45) is 2.79. The van der Waals surface area contributed by atoms with Crippen LogP contribution in [-0.2, 0) is 4.79 Å². The predicted molar refractivity (Wildman–Crippen MR) is 104 cm³/mol. The van der Waals surface area contributed by atoms with Crippen LogP contribution >= 0.6 is 0 Å². The van der Waals surface area contributed by atoms with Gasteiger partial charge < -0.3 is 9.80 Å². The van der Waals surface area contributed by atoms with Crippen molar-refractivity contribution in [2.75, 3.05) is 31.1 Å². The maximum absolute atomic E-state index is 12.8. The summed E-state index contributed by atoms with van der Waals surface area (Å²) in [6.45, 7) is 11.7. The second-order valence-electron chi connectivity index (χ2n) is 8.36. The number of amides is 1. The molecule has 7 heteroatoms. The molecule has 7 nitrogen and oxygen atoms in total. The van der Waals surface area contributed by atoms with E-state index in [1.165, 1.54) is 6.42 Å². The molecule has 0 aromatic carbocycles. The molecule has 2 fully saturated rings. The number of anilines is 1. The molecule has 2 aromatic rings. The minimum atomic E-state index is 0.0783. The Labute approximate surface area is 160 Å². The normalized spacial score (nSPS) is 23.4. The van der Waals surface area contributed by atoms with Crippen LogP contribution < -0.4 is 4.90 Å². The Morgan fingerprint density at radius 1 is 1.00 bits per heavy atom. The standard InChI is InChI=1S/C20H28N6O/c1-13-5-14(2)9-25(8-13)20(27)17-10-24(11-17)18-7-19(22-12-21-18)26-16(4)6-15(3)23-26/h6-7,12-14,17H,5,8-11H2,1-4H3. The van der Waals surface area contributed by atoms with Crippen molar-refractivity contribution in [3.05, 3.63) is 29.8 Å². The van der Waals surface area contributed by atoms with Crippen LogP contribution in [0.2, 0.25) is 0 Å². The van der Waals surface area contributed by atoms with Gasteiger partial charge in [0.15, 0.2) is 5.82 Å². The van der Waals surface area contributed by atoms with Crippen LogP contribution in [0, 0.1) is 31.6 Å². The van der Waals surface area contributed by atoms with E-state index in [-0.39, 0.29) is 5.92 Å². The van der Waals surface area contributed by atoms with Gasteiger partial charge in [-0.15, -0.1) is 0 Å². The fourth-order valence-corrected chi connectivity index (χ4v) is 4.41. The van der Waals surface area contributed by atoms with E-state index in [0.29, 0.717) is 17.7 Å². The highest BCUT2D eigenvalue weighted by Crippen LogP contribution is 2.28. The summed E-state index contributed by atoms with van der Waals surface area (Å²) in [7, 11) is 0. The molecule has 27 heavy (non-hydrogen) atoms. The summed E-state index contributed by atoms with van der Waals surface area (Å²) >= 11 is 0. The SMILES string of the molecule is Cc1cc(C)n(-c2cc(N3CC(C(=O)N4CC(C)CC(C)C4)C3)ncn2)n1. The summed E-state index contributed by atoms with van der Waals surface area (Å²) in [4.78, 5) is 25.8. The van der Waals surface area contributed by atoms with Gasteiger partial charge in [0.25, 0.3) is 0 Å². The lowest BCUT2D eigenvalue weighted by Gasteiger charge is -2.43. The van der Waals surface area contributed by atoms with Gasteiger partial charge in [0, 0.05) is 37.9 Å². The number of nitrogens with zero attached hydrogens (tertiary/aromatic N) is 6. The highest BCUT2D eigenvalue weighted by atomic mass is 16.2. The first kappa shape index (κ1) is 17.9. The molecule has 0 spiro atoms. The Hall–Kier alpha value is -2.44. The molecule has 144 valence electrons. The smallest absolute Gasteiger partial charge is 0.229 e. The first-order chi connectivity index (χ1) is 12.9. The first-order valence-electron chi connectivity index (χ1n) is 9.80. The van der Waals surface area contributed by atoms with Crippen molar-refractivity contribution in [1.29, 1.82) is 0 Å². The molecule has 0 radical (unpaired) electrons. The van der Waals surface area contributed by atoms with Gasteiger partial charge >= 0.3 is 0 Å². The number of aryl methyl sites for hydroxylation is 2. The lowest BCUT2D eigenvalue weighted by atomic mass is 9.89. The maximum Gasteiger partial charge on any atom is 0.229 e. The summed E-state index contributed by atoms with van der Waals surface area (Å²) in [5.74, 6) is 3.20. The first-order valence-corrected chi connectivity index (χ1v) is 9.80. The molecule has 0 bridgehead atoms. The van der Waals surface area contributed by atoms with Gasteiger partial charge in [0.05, 0.1) is 11.6 Å². The van der Waals surface area contributed by atoms with Gasteiger partial charge in [0.2, 0.25) is 5.91 Å². The molecule has 2 atom stereocenters. The van der Waals surface area contributed by atoms with E-state index in [9.17, 15) is 4.79 Å². The average molecular weight is 368 g/mol. The quantitative estimate of drug-likeness (QED) is 0.831. The highest BCUT2D eigenvalue weighted by Gasteiger charge is 2.38. The number of carbonyl (C=O) groups is 1. The van der Waals surface area contributed by atoms with Crippen LogP contribution in [0.25, 0.3) is 5.82 Å². The van der Waals surface area contributed by atoms with Crippen LogP contribution in [0.3, 0.4) is 0 Å². The lowest BCUT2D eigenvalue weighted by molar-refractivity contribution is -0.139. The Morgan fingerprint density at radius 2 is 1.67 bits per heavy atom. The maximum atomic E-state index is 12.8. The molecular formula is C20H28N6O. The number of likely N-dealkylation sites (tertiary alicyclic amines) is 1. The van der Waals surface area contributed by atoms with E-state index in [2.05, 4.69) is 38.7 Å². The zero-order valence-corrected chi connectivity index (χ0v) is 16.6. The Kier molecular flexibility index (Phi) is 4.61. The largest absolute Gasteiger partial charge is 0.355 e. The average Bonchev–Trinajstić information content (AvgIpc) is 2.91. The highest BCUT2D eigenvalue weighted by molar-refractivity contribution is 5.82. The molecular weight excluding hydrogens is 340 g/mol. The molecule has 4 rings (SSSR count). The van der Waals surface area contributed by atoms with Crippen LogP contribution in [0.1, 0.15) is 31.7 Å². The molecule has 2 aromatic heterocycles. The minimum absolute atomic E-state index is 0.0783. The zero-order valence-electron chi connectivity index (χ0n) is 16.6. The number of hydrogen-bond donors (Lipinski definition) is 0. The second kappa shape index (κ2) is 6.94. The monoisotopic (exact) mass is 368 g/mol. The molecule has 4 heterocycles. The number of aromatic nitrogens is 4. The number of piperidine rings is 1. The lowest BCUT2D eigenvalue weighted by Crippen LogP contribution is -2.56. The molecule has 2 saturated heterocycles. The predicted octanol–water partition coefficient (Wildman–Crippen LogP) is 2.22. The number of rotatable bonds is 3. The molecule has 0 saturated carbocycles. The third-order valence-electron chi connectivity index (χ3n) is 5.60. The van der Waals surface area contributed by atoms with Crippen molar-refractivity contribution in [2.24, 2.45) is 17.8 Å². The Bertz CT molecular complexity index is 831. The van der Waals surface area contributed by atoms with E-state index >= 15 is 0 Å². The van der Waals surface area contributed by atoms with E-state index in [4.69, 9.17) is 0 Å². The van der Waals surface area contributed by atoms with E-state index in [1.54, 1.807) is 6.33 Å². The van der Waals surface area contributed by atoms with Gasteiger partial charge in [-0.05, 0) is 38.2 Å². The van der Waals surface area contributed by atoms with Crippen molar-refractivity contribution in [2.45, 2.75) is 34.1 Å². The molecule has 2 aliphatic rings. The molecule has 2 unspecified atom stereocenters. The van der Waals surface area contributed by atoms with Crippen molar-refractivity contribution < 1.29 is 4.79 Å². The van der Waals surface area contributed by atoms with E-state index < -0.39 is 0 Å². The van der Waals surface area contributed by atoms with Gasteiger partial charge in [0.1, 0.15) is 12.1 Å². The summed E-state index contributed by atoms with van der Waals surface area (Å²) < 4.78 is 1.83. The Balaban J connectivity index is 1.42. The summed E-state index contributed by atoms with van der Waals surface area (Å²) in [6, 6.07) is 3.98. The fourth-order valence-electron chi connectivity index (χ4n) is 4.41. The summed E-state index contributed by atoms with van der Waals surface area (Å²) in [5, 5.41) is 4.49.